The molecule has 0 aromatic heterocycles. The van der Waals surface area contributed by atoms with Crippen LogP contribution in [0.3, 0.4) is 0 Å². The first-order valence-corrected chi connectivity index (χ1v) is 8.65. The molecule has 2 heterocycles. The second-order valence-corrected chi connectivity index (χ2v) is 6.99. The Balaban J connectivity index is 1.79. The molecule has 2 aliphatic heterocycles. The highest BCUT2D eigenvalue weighted by Gasteiger charge is 2.62. The van der Waals surface area contributed by atoms with Gasteiger partial charge in [-0.15, -0.1) is 0 Å². The lowest BCUT2D eigenvalue weighted by atomic mass is 9.87. The number of aryl methyl sites for hydroxylation is 1. The summed E-state index contributed by atoms with van der Waals surface area (Å²) in [6, 6.07) is 18.3. The molecule has 26 heavy (non-hydrogen) atoms. The van der Waals surface area contributed by atoms with E-state index in [0.29, 0.717) is 5.69 Å². The molecule has 2 amide bonds. The van der Waals surface area contributed by atoms with Crippen LogP contribution in [0.1, 0.15) is 17.2 Å². The molecule has 0 spiro atoms. The van der Waals surface area contributed by atoms with Gasteiger partial charge in [0.2, 0.25) is 11.8 Å². The number of rotatable bonds is 2. The SMILES string of the molecule is Cc1ccc(N2C(=O)[C@@H]3[C@H](C2=O)[C@@H](C#N)N(C)[C@@H]3c2ccccc2)cc1. The minimum absolute atomic E-state index is 0.220. The molecule has 0 aliphatic carbocycles. The summed E-state index contributed by atoms with van der Waals surface area (Å²) < 4.78 is 0. The van der Waals surface area contributed by atoms with E-state index in [-0.39, 0.29) is 17.9 Å². The third-order valence-electron chi connectivity index (χ3n) is 5.52. The van der Waals surface area contributed by atoms with Crippen molar-refractivity contribution < 1.29 is 9.59 Å². The van der Waals surface area contributed by atoms with Crippen molar-refractivity contribution in [2.75, 3.05) is 11.9 Å². The number of hydrogen-bond donors (Lipinski definition) is 0. The van der Waals surface area contributed by atoms with E-state index in [1.807, 2.05) is 61.3 Å². The molecule has 5 nitrogen and oxygen atoms in total. The van der Waals surface area contributed by atoms with Gasteiger partial charge in [-0.1, -0.05) is 48.0 Å². The van der Waals surface area contributed by atoms with Crippen LogP contribution in [0.15, 0.2) is 54.6 Å². The maximum Gasteiger partial charge on any atom is 0.240 e. The van der Waals surface area contributed by atoms with E-state index < -0.39 is 17.9 Å². The first-order valence-electron chi connectivity index (χ1n) is 8.65. The summed E-state index contributed by atoms with van der Waals surface area (Å²) in [6.07, 6.45) is 0. The van der Waals surface area contributed by atoms with E-state index in [1.165, 1.54) is 4.90 Å². The standard InChI is InChI=1S/C21H19N3O2/c1-13-8-10-15(11-9-13)24-20(25)17-16(12-22)23(2)19(18(17)21(24)26)14-6-4-3-5-7-14/h3-11,16-19H,1-2H3/t16-,17-,18-,19-/m1/s1. The van der Waals surface area contributed by atoms with Crippen molar-refractivity contribution in [3.05, 3.63) is 65.7 Å². The fraction of sp³-hybridized carbons (Fsp3) is 0.286. The molecule has 0 saturated carbocycles. The zero-order valence-corrected chi connectivity index (χ0v) is 14.7. The van der Waals surface area contributed by atoms with Gasteiger partial charge in [0.05, 0.1) is 23.6 Å². The second kappa shape index (κ2) is 6.08. The third kappa shape index (κ3) is 2.27. The molecular weight excluding hydrogens is 326 g/mol. The Morgan fingerprint density at radius 2 is 1.54 bits per heavy atom. The van der Waals surface area contributed by atoms with Gasteiger partial charge in [0.1, 0.15) is 6.04 Å². The lowest BCUT2D eigenvalue weighted by Crippen LogP contribution is -2.39. The average molecular weight is 345 g/mol. The molecule has 2 aromatic rings. The zero-order valence-electron chi connectivity index (χ0n) is 14.7. The number of likely N-dealkylation sites (tertiary alicyclic amines) is 1. The molecule has 4 rings (SSSR count). The number of carbonyl (C=O) groups excluding carboxylic acids is 2. The minimum Gasteiger partial charge on any atom is -0.283 e. The third-order valence-corrected chi connectivity index (χ3v) is 5.52. The molecule has 0 N–H and O–H groups in total. The number of nitriles is 1. The summed E-state index contributed by atoms with van der Waals surface area (Å²) in [7, 11) is 1.82. The van der Waals surface area contributed by atoms with Gasteiger partial charge in [0.25, 0.3) is 0 Å². The highest BCUT2D eigenvalue weighted by molar-refractivity contribution is 6.23. The maximum absolute atomic E-state index is 13.2. The van der Waals surface area contributed by atoms with Gasteiger partial charge in [0, 0.05) is 6.04 Å². The highest BCUT2D eigenvalue weighted by atomic mass is 16.2. The second-order valence-electron chi connectivity index (χ2n) is 6.99. The van der Waals surface area contributed by atoms with Crippen LogP contribution in [0.4, 0.5) is 5.69 Å². The number of carbonyl (C=O) groups is 2. The number of benzene rings is 2. The van der Waals surface area contributed by atoms with Crippen LogP contribution in [0.5, 0.6) is 0 Å². The number of anilines is 1. The van der Waals surface area contributed by atoms with Crippen molar-refractivity contribution in [1.29, 1.82) is 5.26 Å². The Hall–Kier alpha value is -2.97. The van der Waals surface area contributed by atoms with Crippen LogP contribution in [0, 0.1) is 30.1 Å². The number of nitrogens with zero attached hydrogens (tertiary/aromatic N) is 3. The smallest absolute Gasteiger partial charge is 0.240 e. The van der Waals surface area contributed by atoms with Crippen molar-refractivity contribution in [3.8, 4) is 6.07 Å². The lowest BCUT2D eigenvalue weighted by molar-refractivity contribution is -0.123. The van der Waals surface area contributed by atoms with E-state index in [0.717, 1.165) is 11.1 Å². The monoisotopic (exact) mass is 345 g/mol. The fourth-order valence-electron chi connectivity index (χ4n) is 4.27. The molecule has 2 aromatic carbocycles. The van der Waals surface area contributed by atoms with Crippen molar-refractivity contribution in [3.63, 3.8) is 0 Å². The van der Waals surface area contributed by atoms with Crippen LogP contribution in [0.2, 0.25) is 0 Å². The quantitative estimate of drug-likeness (QED) is 0.785. The molecular formula is C21H19N3O2. The van der Waals surface area contributed by atoms with E-state index >= 15 is 0 Å². The van der Waals surface area contributed by atoms with E-state index in [9.17, 15) is 14.9 Å². The molecule has 5 heteroatoms. The van der Waals surface area contributed by atoms with Crippen LogP contribution >= 0.6 is 0 Å². The van der Waals surface area contributed by atoms with Crippen molar-refractivity contribution in [1.82, 2.24) is 4.90 Å². The first kappa shape index (κ1) is 16.5. The lowest BCUT2D eigenvalue weighted by Gasteiger charge is -2.27. The van der Waals surface area contributed by atoms with Crippen LogP contribution in [0.25, 0.3) is 0 Å². The van der Waals surface area contributed by atoms with Gasteiger partial charge < -0.3 is 0 Å². The highest BCUT2D eigenvalue weighted by Crippen LogP contribution is 2.49. The normalized spacial score (nSPS) is 28.3. The van der Waals surface area contributed by atoms with E-state index in [2.05, 4.69) is 6.07 Å². The molecule has 0 unspecified atom stereocenters. The first-order chi connectivity index (χ1) is 12.5. The number of amides is 2. The summed E-state index contributed by atoms with van der Waals surface area (Å²) in [4.78, 5) is 29.5. The topological polar surface area (TPSA) is 64.4 Å². The Morgan fingerprint density at radius 3 is 2.15 bits per heavy atom. The van der Waals surface area contributed by atoms with Crippen LogP contribution in [-0.2, 0) is 9.59 Å². The summed E-state index contributed by atoms with van der Waals surface area (Å²) >= 11 is 0. The van der Waals surface area contributed by atoms with Crippen molar-refractivity contribution >= 4 is 17.5 Å². The largest absolute Gasteiger partial charge is 0.283 e. The Morgan fingerprint density at radius 1 is 0.923 bits per heavy atom. The van der Waals surface area contributed by atoms with Gasteiger partial charge in [0.15, 0.2) is 0 Å². The Labute approximate surface area is 152 Å². The summed E-state index contributed by atoms with van der Waals surface area (Å²) in [6.45, 7) is 1.96. The molecule has 4 atom stereocenters. The average Bonchev–Trinajstić information content (AvgIpc) is 3.08. The number of hydrogen-bond acceptors (Lipinski definition) is 4. The Kier molecular flexibility index (Phi) is 3.86. The minimum atomic E-state index is -0.635. The van der Waals surface area contributed by atoms with Gasteiger partial charge in [-0.3, -0.25) is 14.5 Å². The van der Waals surface area contributed by atoms with E-state index in [4.69, 9.17) is 0 Å². The van der Waals surface area contributed by atoms with Crippen LogP contribution < -0.4 is 4.90 Å². The van der Waals surface area contributed by atoms with Crippen LogP contribution in [-0.4, -0.2) is 29.8 Å². The number of imide groups is 1. The van der Waals surface area contributed by atoms with Gasteiger partial charge >= 0.3 is 0 Å². The predicted octanol–water partition coefficient (Wildman–Crippen LogP) is 2.68. The van der Waals surface area contributed by atoms with Crippen molar-refractivity contribution in [2.24, 2.45) is 11.8 Å². The summed E-state index contributed by atoms with van der Waals surface area (Å²) in [5, 5.41) is 9.67. The summed E-state index contributed by atoms with van der Waals surface area (Å²) in [5.41, 5.74) is 2.59. The maximum atomic E-state index is 13.2. The Bertz CT molecular complexity index is 901. The summed E-state index contributed by atoms with van der Waals surface area (Å²) in [5.74, 6) is -1.67. The number of fused-ring (bicyclic) bond motifs is 1. The fourth-order valence-corrected chi connectivity index (χ4v) is 4.27. The van der Waals surface area contributed by atoms with E-state index in [1.54, 1.807) is 12.1 Å². The molecule has 2 saturated heterocycles. The predicted molar refractivity (Wildman–Crippen MR) is 97.0 cm³/mol. The molecule has 0 bridgehead atoms. The van der Waals surface area contributed by atoms with Gasteiger partial charge in [-0.2, -0.15) is 5.26 Å². The van der Waals surface area contributed by atoms with Gasteiger partial charge in [-0.05, 0) is 31.7 Å². The molecule has 2 fully saturated rings. The van der Waals surface area contributed by atoms with Gasteiger partial charge in [-0.25, -0.2) is 4.90 Å². The van der Waals surface area contributed by atoms with Crippen molar-refractivity contribution in [2.45, 2.75) is 19.0 Å². The zero-order chi connectivity index (χ0) is 18.4. The molecule has 0 radical (unpaired) electrons. The molecule has 2 aliphatic rings. The molecule has 130 valence electrons.